The molecule has 2 aromatic heterocycles. The van der Waals surface area contributed by atoms with Gasteiger partial charge < -0.3 is 10.1 Å². The van der Waals surface area contributed by atoms with Crippen molar-refractivity contribution >= 4 is 11.3 Å². The molecule has 0 amide bonds. The first kappa shape index (κ1) is 19.1. The van der Waals surface area contributed by atoms with Gasteiger partial charge in [0.2, 0.25) is 0 Å². The number of aryl methyl sites for hydroxylation is 2. The van der Waals surface area contributed by atoms with E-state index in [4.69, 9.17) is 9.72 Å². The molecule has 1 saturated carbocycles. The predicted molar refractivity (Wildman–Crippen MR) is 112 cm³/mol. The van der Waals surface area contributed by atoms with Crippen LogP contribution in [-0.4, -0.2) is 23.7 Å². The van der Waals surface area contributed by atoms with Crippen LogP contribution in [0.5, 0.6) is 0 Å². The third-order valence-electron chi connectivity index (χ3n) is 6.58. The maximum atomic E-state index is 6.35. The molecule has 1 aliphatic carbocycles. The molecule has 146 valence electrons. The molecule has 1 aliphatic heterocycles. The van der Waals surface area contributed by atoms with Gasteiger partial charge in [0.15, 0.2) is 0 Å². The lowest BCUT2D eigenvalue weighted by atomic mass is 9.68. The Morgan fingerprint density at radius 2 is 2.04 bits per heavy atom. The van der Waals surface area contributed by atoms with Crippen molar-refractivity contribution in [2.45, 2.75) is 76.4 Å². The highest BCUT2D eigenvalue weighted by Gasteiger charge is 2.48. The quantitative estimate of drug-likeness (QED) is 0.686. The second-order valence-corrected chi connectivity index (χ2v) is 9.89. The van der Waals surface area contributed by atoms with Crippen LogP contribution in [-0.2, 0) is 16.7 Å². The third-order valence-corrected chi connectivity index (χ3v) is 7.73. The van der Waals surface area contributed by atoms with Gasteiger partial charge >= 0.3 is 0 Å². The molecule has 0 aromatic carbocycles. The summed E-state index contributed by atoms with van der Waals surface area (Å²) in [5.74, 6) is 0. The molecule has 0 bridgehead atoms. The Balaban J connectivity index is 1.46. The van der Waals surface area contributed by atoms with Gasteiger partial charge in [0.25, 0.3) is 0 Å². The standard InChI is InChI=1S/C23H32N2OS/c1-18-15-19(2)27-20(18)16-24-13-10-22(21-7-3-6-12-25-21)11-14-26-23(17-22)8-4-5-9-23/h3,6-7,12,15,24H,4-5,8-11,13-14,16-17H2,1-2H3/t22-/m1/s1. The van der Waals surface area contributed by atoms with E-state index in [0.717, 1.165) is 39.0 Å². The minimum absolute atomic E-state index is 0.108. The van der Waals surface area contributed by atoms with Crippen LogP contribution >= 0.6 is 11.3 Å². The van der Waals surface area contributed by atoms with E-state index in [1.54, 1.807) is 0 Å². The monoisotopic (exact) mass is 384 g/mol. The summed E-state index contributed by atoms with van der Waals surface area (Å²) in [4.78, 5) is 7.68. The molecule has 1 atom stereocenters. The average Bonchev–Trinajstić information content (AvgIpc) is 3.25. The molecule has 4 rings (SSSR count). The third kappa shape index (κ3) is 4.13. The number of hydrogen-bond acceptors (Lipinski definition) is 4. The molecular weight excluding hydrogens is 352 g/mol. The van der Waals surface area contributed by atoms with E-state index in [2.05, 4.69) is 37.4 Å². The maximum Gasteiger partial charge on any atom is 0.0691 e. The summed E-state index contributed by atoms with van der Waals surface area (Å²) in [6, 6.07) is 8.70. The van der Waals surface area contributed by atoms with Crippen molar-refractivity contribution in [2.75, 3.05) is 13.2 Å². The Bertz CT molecular complexity index is 751. The van der Waals surface area contributed by atoms with Crippen molar-refractivity contribution in [3.63, 3.8) is 0 Å². The van der Waals surface area contributed by atoms with Crippen molar-refractivity contribution in [3.05, 3.63) is 51.5 Å². The van der Waals surface area contributed by atoms with E-state index in [1.807, 2.05) is 23.6 Å². The highest BCUT2D eigenvalue weighted by Crippen LogP contribution is 2.49. The smallest absolute Gasteiger partial charge is 0.0691 e. The van der Waals surface area contributed by atoms with Crippen LogP contribution in [0.2, 0.25) is 0 Å². The summed E-state index contributed by atoms with van der Waals surface area (Å²) < 4.78 is 6.35. The van der Waals surface area contributed by atoms with Crippen molar-refractivity contribution in [1.82, 2.24) is 10.3 Å². The molecule has 4 heteroatoms. The average molecular weight is 385 g/mol. The number of aromatic nitrogens is 1. The minimum atomic E-state index is 0.108. The summed E-state index contributed by atoms with van der Waals surface area (Å²) in [6.45, 7) is 7.30. The van der Waals surface area contributed by atoms with Gasteiger partial charge in [0.1, 0.15) is 0 Å². The summed E-state index contributed by atoms with van der Waals surface area (Å²) in [6.07, 6.45) is 10.4. The number of nitrogens with zero attached hydrogens (tertiary/aromatic N) is 1. The second-order valence-electron chi connectivity index (χ2n) is 8.55. The normalized spacial score (nSPS) is 24.5. The highest BCUT2D eigenvalue weighted by atomic mass is 32.1. The zero-order chi connectivity index (χ0) is 18.7. The Labute approximate surface area is 167 Å². The number of hydrogen-bond donors (Lipinski definition) is 1. The van der Waals surface area contributed by atoms with E-state index in [9.17, 15) is 0 Å². The molecule has 3 heterocycles. The van der Waals surface area contributed by atoms with E-state index < -0.39 is 0 Å². The molecule has 1 spiro atoms. The number of rotatable bonds is 6. The summed E-state index contributed by atoms with van der Waals surface area (Å²) in [7, 11) is 0. The van der Waals surface area contributed by atoms with Crippen LogP contribution < -0.4 is 5.32 Å². The lowest BCUT2D eigenvalue weighted by molar-refractivity contribution is -0.104. The first-order valence-electron chi connectivity index (χ1n) is 10.4. The molecule has 3 nitrogen and oxygen atoms in total. The number of pyridine rings is 1. The molecule has 1 N–H and O–H groups in total. The first-order valence-corrected chi connectivity index (χ1v) is 11.2. The van der Waals surface area contributed by atoms with E-state index in [0.29, 0.717) is 0 Å². The fraction of sp³-hybridized carbons (Fsp3) is 0.609. The Kier molecular flexibility index (Phi) is 5.68. The second kappa shape index (κ2) is 8.02. The van der Waals surface area contributed by atoms with Crippen LogP contribution in [0.4, 0.5) is 0 Å². The molecule has 2 aliphatic rings. The molecule has 2 fully saturated rings. The Morgan fingerprint density at radius 1 is 1.19 bits per heavy atom. The fourth-order valence-electron chi connectivity index (χ4n) is 5.19. The van der Waals surface area contributed by atoms with Gasteiger partial charge in [-0.15, -0.1) is 11.3 Å². The number of ether oxygens (including phenoxy) is 1. The van der Waals surface area contributed by atoms with Crippen LogP contribution in [0.25, 0.3) is 0 Å². The van der Waals surface area contributed by atoms with Crippen molar-refractivity contribution in [3.8, 4) is 0 Å². The first-order chi connectivity index (χ1) is 13.1. The molecule has 0 unspecified atom stereocenters. The van der Waals surface area contributed by atoms with Crippen molar-refractivity contribution in [1.29, 1.82) is 0 Å². The Morgan fingerprint density at radius 3 is 2.74 bits per heavy atom. The predicted octanol–water partition coefficient (Wildman–Crippen LogP) is 5.30. The van der Waals surface area contributed by atoms with Gasteiger partial charge in [-0.25, -0.2) is 0 Å². The lowest BCUT2D eigenvalue weighted by Crippen LogP contribution is -2.47. The molecule has 1 saturated heterocycles. The van der Waals surface area contributed by atoms with E-state index in [1.165, 1.54) is 46.7 Å². The molecule has 0 radical (unpaired) electrons. The zero-order valence-electron chi connectivity index (χ0n) is 16.7. The van der Waals surface area contributed by atoms with Gasteiger partial charge in [-0.2, -0.15) is 0 Å². The number of nitrogens with one attached hydrogen (secondary N) is 1. The summed E-state index contributed by atoms with van der Waals surface area (Å²) >= 11 is 1.92. The Hall–Kier alpha value is -1.23. The maximum absolute atomic E-state index is 6.35. The largest absolute Gasteiger partial charge is 0.375 e. The summed E-state index contributed by atoms with van der Waals surface area (Å²) in [5.41, 5.74) is 2.94. The van der Waals surface area contributed by atoms with E-state index >= 15 is 0 Å². The SMILES string of the molecule is Cc1cc(C)c(CNCC[C@@]2(c3ccccn3)CCOC3(CCCC3)C2)s1. The van der Waals surface area contributed by atoms with Crippen LogP contribution in [0.15, 0.2) is 30.5 Å². The lowest BCUT2D eigenvalue weighted by Gasteiger charge is -2.46. The van der Waals surface area contributed by atoms with Gasteiger partial charge in [-0.3, -0.25) is 4.98 Å². The molecule has 27 heavy (non-hydrogen) atoms. The topological polar surface area (TPSA) is 34.2 Å². The van der Waals surface area contributed by atoms with E-state index in [-0.39, 0.29) is 11.0 Å². The molecular formula is C23H32N2OS. The van der Waals surface area contributed by atoms with Crippen molar-refractivity contribution in [2.24, 2.45) is 0 Å². The fourth-order valence-corrected chi connectivity index (χ4v) is 6.21. The minimum Gasteiger partial charge on any atom is -0.375 e. The highest BCUT2D eigenvalue weighted by molar-refractivity contribution is 7.12. The van der Waals surface area contributed by atoms with Crippen molar-refractivity contribution < 1.29 is 4.74 Å². The van der Waals surface area contributed by atoms with Gasteiger partial charge in [-0.1, -0.05) is 18.9 Å². The number of thiophene rings is 1. The summed E-state index contributed by atoms with van der Waals surface area (Å²) in [5, 5.41) is 3.72. The zero-order valence-corrected chi connectivity index (χ0v) is 17.5. The van der Waals surface area contributed by atoms with Crippen LogP contribution in [0.3, 0.4) is 0 Å². The van der Waals surface area contributed by atoms with Gasteiger partial charge in [0, 0.05) is 40.2 Å². The van der Waals surface area contributed by atoms with Gasteiger partial charge in [-0.05, 0) is 76.3 Å². The molecule has 2 aromatic rings. The van der Waals surface area contributed by atoms with Gasteiger partial charge in [0.05, 0.1) is 5.60 Å². The van der Waals surface area contributed by atoms with Crippen LogP contribution in [0, 0.1) is 13.8 Å². The van der Waals surface area contributed by atoms with Crippen LogP contribution in [0.1, 0.15) is 66.0 Å².